The lowest BCUT2D eigenvalue weighted by Gasteiger charge is -2.15. The highest BCUT2D eigenvalue weighted by molar-refractivity contribution is 5.94. The Morgan fingerprint density at radius 2 is 1.87 bits per heavy atom. The number of carbonyl (C=O) groups excluding carboxylic acids is 1. The summed E-state index contributed by atoms with van der Waals surface area (Å²) >= 11 is 0. The Kier molecular flexibility index (Phi) is 5.26. The summed E-state index contributed by atoms with van der Waals surface area (Å²) < 4.78 is 17.6. The second-order valence-corrected chi connectivity index (χ2v) is 4.83. The fourth-order valence-corrected chi connectivity index (χ4v) is 2.44. The first-order valence-corrected chi connectivity index (χ1v) is 7.62. The van der Waals surface area contributed by atoms with Crippen molar-refractivity contribution in [2.45, 2.75) is 27.3 Å². The van der Waals surface area contributed by atoms with Crippen LogP contribution in [0.15, 0.2) is 23.1 Å². The van der Waals surface area contributed by atoms with Gasteiger partial charge in [-0.1, -0.05) is 0 Å². The number of pyridine rings is 1. The van der Waals surface area contributed by atoms with Gasteiger partial charge in [-0.15, -0.1) is 0 Å². The van der Waals surface area contributed by atoms with E-state index in [4.69, 9.17) is 14.2 Å². The molecular weight excluding hydrogens is 298 g/mol. The second kappa shape index (κ2) is 7.17. The van der Waals surface area contributed by atoms with Crippen molar-refractivity contribution in [1.82, 2.24) is 4.57 Å². The standard InChI is InChI=1S/C17H21NO5/c1-5-18-10-12(17(20)23-7-3)16(19)11-8-14(21-4)15(22-6-2)9-13(11)18/h8-10H,5-7H2,1-4H3. The Labute approximate surface area is 134 Å². The normalized spacial score (nSPS) is 10.6. The molecule has 2 rings (SSSR count). The summed E-state index contributed by atoms with van der Waals surface area (Å²) in [6.45, 7) is 6.81. The zero-order chi connectivity index (χ0) is 17.0. The second-order valence-electron chi connectivity index (χ2n) is 4.83. The third kappa shape index (κ3) is 3.16. The maximum absolute atomic E-state index is 12.6. The Morgan fingerprint density at radius 1 is 1.13 bits per heavy atom. The number of hydrogen-bond acceptors (Lipinski definition) is 5. The molecule has 0 saturated carbocycles. The molecule has 124 valence electrons. The summed E-state index contributed by atoms with van der Waals surface area (Å²) in [5.41, 5.74) is 0.340. The first kappa shape index (κ1) is 16.9. The van der Waals surface area contributed by atoms with Gasteiger partial charge in [-0.05, 0) is 26.8 Å². The molecule has 6 nitrogen and oxygen atoms in total. The van der Waals surface area contributed by atoms with Crippen LogP contribution in [0.4, 0.5) is 0 Å². The lowest BCUT2D eigenvalue weighted by molar-refractivity contribution is 0.0524. The molecule has 0 radical (unpaired) electrons. The molecule has 0 fully saturated rings. The van der Waals surface area contributed by atoms with Gasteiger partial charge < -0.3 is 18.8 Å². The lowest BCUT2D eigenvalue weighted by atomic mass is 10.1. The van der Waals surface area contributed by atoms with Crippen LogP contribution in [0.1, 0.15) is 31.1 Å². The van der Waals surface area contributed by atoms with Crippen molar-refractivity contribution in [3.8, 4) is 11.5 Å². The number of rotatable bonds is 6. The van der Waals surface area contributed by atoms with Gasteiger partial charge in [0.25, 0.3) is 0 Å². The van der Waals surface area contributed by atoms with Crippen LogP contribution < -0.4 is 14.9 Å². The van der Waals surface area contributed by atoms with Crippen LogP contribution in [0.5, 0.6) is 11.5 Å². The van der Waals surface area contributed by atoms with Crippen LogP contribution >= 0.6 is 0 Å². The van der Waals surface area contributed by atoms with Gasteiger partial charge in [-0.25, -0.2) is 4.79 Å². The van der Waals surface area contributed by atoms with E-state index in [0.717, 1.165) is 0 Å². The summed E-state index contributed by atoms with van der Waals surface area (Å²) in [6.07, 6.45) is 1.53. The Hall–Kier alpha value is -2.50. The average Bonchev–Trinajstić information content (AvgIpc) is 2.55. The van der Waals surface area contributed by atoms with E-state index >= 15 is 0 Å². The van der Waals surface area contributed by atoms with Gasteiger partial charge in [0.2, 0.25) is 5.43 Å². The van der Waals surface area contributed by atoms with E-state index in [1.807, 2.05) is 18.4 Å². The van der Waals surface area contributed by atoms with E-state index in [2.05, 4.69) is 0 Å². The molecule has 0 bridgehead atoms. The van der Waals surface area contributed by atoms with E-state index in [-0.39, 0.29) is 17.6 Å². The molecule has 1 heterocycles. The number of nitrogens with zero attached hydrogens (tertiary/aromatic N) is 1. The highest BCUT2D eigenvalue weighted by atomic mass is 16.5. The largest absolute Gasteiger partial charge is 0.493 e. The van der Waals surface area contributed by atoms with Gasteiger partial charge in [0.1, 0.15) is 5.56 Å². The molecule has 6 heteroatoms. The quantitative estimate of drug-likeness (QED) is 0.766. The fraction of sp³-hybridized carbons (Fsp3) is 0.412. The zero-order valence-corrected chi connectivity index (χ0v) is 13.8. The van der Waals surface area contributed by atoms with Crippen LogP contribution in [0.2, 0.25) is 0 Å². The molecule has 0 saturated heterocycles. The summed E-state index contributed by atoms with van der Waals surface area (Å²) in [6, 6.07) is 3.37. The minimum atomic E-state index is -0.616. The molecule has 0 aliphatic carbocycles. The molecule has 0 atom stereocenters. The first-order valence-electron chi connectivity index (χ1n) is 7.62. The smallest absolute Gasteiger partial charge is 0.343 e. The molecule has 0 aliphatic heterocycles. The molecule has 1 aromatic heterocycles. The number of fused-ring (bicyclic) bond motifs is 1. The summed E-state index contributed by atoms with van der Waals surface area (Å²) in [5, 5.41) is 0.401. The minimum absolute atomic E-state index is 0.0208. The van der Waals surface area contributed by atoms with E-state index in [1.54, 1.807) is 19.1 Å². The van der Waals surface area contributed by atoms with Crippen molar-refractivity contribution >= 4 is 16.9 Å². The molecule has 2 aromatic rings. The molecule has 0 amide bonds. The highest BCUT2D eigenvalue weighted by Gasteiger charge is 2.18. The fourth-order valence-electron chi connectivity index (χ4n) is 2.44. The maximum atomic E-state index is 12.6. The zero-order valence-electron chi connectivity index (χ0n) is 13.8. The monoisotopic (exact) mass is 319 g/mol. The topological polar surface area (TPSA) is 66.8 Å². The van der Waals surface area contributed by atoms with E-state index in [1.165, 1.54) is 13.3 Å². The summed E-state index contributed by atoms with van der Waals surface area (Å²) in [7, 11) is 1.51. The predicted molar refractivity (Wildman–Crippen MR) is 87.6 cm³/mol. The first-order chi connectivity index (χ1) is 11.1. The molecule has 0 aliphatic rings. The van der Waals surface area contributed by atoms with Crippen molar-refractivity contribution in [1.29, 1.82) is 0 Å². The molecule has 0 N–H and O–H groups in total. The van der Waals surface area contributed by atoms with Gasteiger partial charge in [0.05, 0.1) is 31.2 Å². The third-order valence-electron chi connectivity index (χ3n) is 3.50. The van der Waals surface area contributed by atoms with Gasteiger partial charge in [0.15, 0.2) is 11.5 Å². The van der Waals surface area contributed by atoms with Gasteiger partial charge in [-0.2, -0.15) is 0 Å². The third-order valence-corrected chi connectivity index (χ3v) is 3.50. The van der Waals surface area contributed by atoms with Gasteiger partial charge in [-0.3, -0.25) is 4.79 Å². The number of ether oxygens (including phenoxy) is 3. The van der Waals surface area contributed by atoms with Crippen molar-refractivity contribution in [2.75, 3.05) is 20.3 Å². The highest BCUT2D eigenvalue weighted by Crippen LogP contribution is 2.31. The minimum Gasteiger partial charge on any atom is -0.493 e. The van der Waals surface area contributed by atoms with Crippen LogP contribution in [-0.4, -0.2) is 30.9 Å². The number of aryl methyl sites for hydroxylation is 1. The number of methoxy groups -OCH3 is 1. The lowest BCUT2D eigenvalue weighted by Crippen LogP contribution is -2.21. The van der Waals surface area contributed by atoms with Gasteiger partial charge in [0, 0.05) is 18.8 Å². The van der Waals surface area contributed by atoms with Crippen LogP contribution in [0, 0.1) is 0 Å². The van der Waals surface area contributed by atoms with Crippen molar-refractivity contribution in [3.63, 3.8) is 0 Å². The number of benzene rings is 1. The van der Waals surface area contributed by atoms with E-state index < -0.39 is 5.97 Å². The number of carbonyl (C=O) groups is 1. The number of hydrogen-bond donors (Lipinski definition) is 0. The molecule has 23 heavy (non-hydrogen) atoms. The average molecular weight is 319 g/mol. The van der Waals surface area contributed by atoms with Crippen molar-refractivity contribution in [2.24, 2.45) is 0 Å². The van der Waals surface area contributed by atoms with E-state index in [0.29, 0.717) is 35.6 Å². The molecular formula is C17H21NO5. The molecule has 0 unspecified atom stereocenters. The number of aromatic nitrogens is 1. The van der Waals surface area contributed by atoms with Crippen LogP contribution in [0.25, 0.3) is 10.9 Å². The SMILES string of the molecule is CCOC(=O)c1cn(CC)c2cc(OCC)c(OC)cc2c1=O. The predicted octanol–water partition coefficient (Wildman–Crippen LogP) is 2.61. The summed E-state index contributed by atoms with van der Waals surface area (Å²) in [4.78, 5) is 24.6. The Morgan fingerprint density at radius 3 is 2.43 bits per heavy atom. The summed E-state index contributed by atoms with van der Waals surface area (Å²) in [5.74, 6) is 0.405. The van der Waals surface area contributed by atoms with Crippen molar-refractivity contribution < 1.29 is 19.0 Å². The van der Waals surface area contributed by atoms with Crippen molar-refractivity contribution in [3.05, 3.63) is 34.1 Å². The maximum Gasteiger partial charge on any atom is 0.343 e. The Bertz CT molecular complexity index is 779. The van der Waals surface area contributed by atoms with Crippen LogP contribution in [-0.2, 0) is 11.3 Å². The van der Waals surface area contributed by atoms with E-state index in [9.17, 15) is 9.59 Å². The molecule has 1 aromatic carbocycles. The molecule has 0 spiro atoms. The Balaban J connectivity index is 2.78. The number of esters is 1. The van der Waals surface area contributed by atoms with Gasteiger partial charge >= 0.3 is 5.97 Å². The van der Waals surface area contributed by atoms with Crippen LogP contribution in [0.3, 0.4) is 0 Å².